The van der Waals surface area contributed by atoms with E-state index in [-0.39, 0.29) is 75.5 Å². The summed E-state index contributed by atoms with van der Waals surface area (Å²) < 4.78 is 49.0. The summed E-state index contributed by atoms with van der Waals surface area (Å²) in [5, 5.41) is 13.0. The van der Waals surface area contributed by atoms with Gasteiger partial charge in [-0.3, -0.25) is 24.1 Å². The number of hydrogen-bond acceptors (Lipinski definition) is 18. The lowest BCUT2D eigenvalue weighted by molar-refractivity contribution is -0.146. The molecule has 0 radical (unpaired) electrons. The number of carbonyl (C=O) groups excluding carboxylic acids is 4. The highest BCUT2D eigenvalue weighted by Crippen LogP contribution is 2.35. The Balaban J connectivity index is 0.662. The number of thiazole rings is 1. The molecule has 20 nitrogen and oxygen atoms in total. The number of aryl methyl sites for hydroxylation is 1. The summed E-state index contributed by atoms with van der Waals surface area (Å²) >= 11 is 1.58. The van der Waals surface area contributed by atoms with Crippen LogP contribution in [0.5, 0.6) is 5.75 Å². The summed E-state index contributed by atoms with van der Waals surface area (Å²) in [6, 6.07) is 20.8. The largest absolute Gasteiger partial charge is 0.496 e. The molecule has 3 saturated heterocycles. The second kappa shape index (κ2) is 30.4. The fourth-order valence-electron chi connectivity index (χ4n) is 11.3. The summed E-state index contributed by atoms with van der Waals surface area (Å²) in [7, 11) is -1.81. The first-order chi connectivity index (χ1) is 40.8. The molecule has 3 amide bonds. The quantitative estimate of drug-likeness (QED) is 0.0507. The molecule has 0 spiro atoms. The van der Waals surface area contributed by atoms with Crippen molar-refractivity contribution in [2.75, 3.05) is 97.5 Å². The first-order valence-corrected chi connectivity index (χ1v) is 32.1. The van der Waals surface area contributed by atoms with E-state index in [0.29, 0.717) is 80.5 Å². The van der Waals surface area contributed by atoms with Crippen molar-refractivity contribution in [2.45, 2.75) is 128 Å². The molecule has 3 aromatic carbocycles. The summed E-state index contributed by atoms with van der Waals surface area (Å²) in [5.74, 6) is 0.431. The molecule has 460 valence electrons. The van der Waals surface area contributed by atoms with Gasteiger partial charge in [0.05, 0.1) is 85.5 Å². The number of likely N-dealkylation sites (tertiary alicyclic amines) is 1. The number of benzene rings is 3. The van der Waals surface area contributed by atoms with Crippen molar-refractivity contribution in [3.05, 3.63) is 113 Å². The van der Waals surface area contributed by atoms with Gasteiger partial charge >= 0.3 is 0 Å². The highest BCUT2D eigenvalue weighted by Gasteiger charge is 2.44. The molecule has 3 aliphatic heterocycles. The number of ether oxygens (including phenoxy) is 4. The maximum Gasteiger partial charge on any atom is 0.243 e. The van der Waals surface area contributed by atoms with Gasteiger partial charge in [-0.25, -0.2) is 28.4 Å². The number of Topliss-reactive ketones (excluding diaryl/α,β-unsaturated/α-hetero) is 1. The number of aliphatic hydroxyl groups is 1. The maximum atomic E-state index is 14.1. The van der Waals surface area contributed by atoms with E-state index in [9.17, 15) is 32.7 Å². The van der Waals surface area contributed by atoms with Crippen LogP contribution in [-0.4, -0.2) is 188 Å². The van der Waals surface area contributed by atoms with Crippen molar-refractivity contribution in [1.82, 2.24) is 40.0 Å². The average Bonchev–Trinajstić information content (AvgIpc) is 3.27. The van der Waals surface area contributed by atoms with Gasteiger partial charge in [-0.1, -0.05) is 69.3 Å². The summed E-state index contributed by atoms with van der Waals surface area (Å²) in [4.78, 5) is 81.4. The molecule has 8 rings (SSSR count). The normalized spacial score (nSPS) is 17.6. The molecule has 0 aliphatic carbocycles. The smallest absolute Gasteiger partial charge is 0.243 e. The molecule has 0 unspecified atom stereocenters. The van der Waals surface area contributed by atoms with Crippen molar-refractivity contribution >= 4 is 50.4 Å². The zero-order chi connectivity index (χ0) is 60.7. The monoisotopic (exact) mass is 1210 g/mol. The van der Waals surface area contributed by atoms with E-state index < -0.39 is 38.6 Å². The van der Waals surface area contributed by atoms with Gasteiger partial charge in [-0.15, -0.1) is 11.3 Å². The van der Waals surface area contributed by atoms with Crippen molar-refractivity contribution in [3.8, 4) is 16.2 Å². The lowest BCUT2D eigenvalue weighted by Crippen LogP contribution is -2.54. The van der Waals surface area contributed by atoms with E-state index in [1.807, 2.05) is 68.4 Å². The number of hydrogen-bond donors (Lipinski definition) is 2. The lowest BCUT2D eigenvalue weighted by atomic mass is 9.76. The van der Waals surface area contributed by atoms with E-state index in [1.165, 1.54) is 11.2 Å². The number of sulfone groups is 1. The number of piperazine rings is 1. The molecule has 0 saturated carbocycles. The maximum absolute atomic E-state index is 14.1. The standard InChI is InChI=1S/C63H85N9O11S2/c1-43(2)85(78,79)56-11-9-8-10-48(56)35-58-66-41-65-57(68-58)34-47-16-17-50(36-55(47)80-7)69-22-18-49(19-23-69)70-24-26-71(27-25-70)59(75)21-29-82-31-33-83-32-30-81-28-20-51(73)37-53(63(4,5)6)62(77)72-40-52(74)38-54(72)61(76)64-39-45-12-14-46(15-13-45)60-44(3)67-42-84-60/h8-17,36,41-43,49,52-54,74H,18-35,37-40H2,1-7H3,(H,64,76)/t52-,53-,54+/m1/s1. The van der Waals surface area contributed by atoms with Gasteiger partial charge in [0.15, 0.2) is 9.84 Å². The van der Waals surface area contributed by atoms with Crippen LogP contribution in [0.15, 0.2) is 83.5 Å². The van der Waals surface area contributed by atoms with Crippen molar-refractivity contribution < 1.29 is 51.6 Å². The predicted octanol–water partition coefficient (Wildman–Crippen LogP) is 6.52. The van der Waals surface area contributed by atoms with Gasteiger partial charge in [0.25, 0.3) is 0 Å². The average molecular weight is 1210 g/mol. The molecule has 3 atom stereocenters. The molecular formula is C63H85N9O11S2. The van der Waals surface area contributed by atoms with Crippen LogP contribution in [0.2, 0.25) is 0 Å². The van der Waals surface area contributed by atoms with Crippen LogP contribution in [0.4, 0.5) is 5.69 Å². The van der Waals surface area contributed by atoms with Crippen molar-refractivity contribution in [1.29, 1.82) is 0 Å². The van der Waals surface area contributed by atoms with Crippen molar-refractivity contribution in [2.24, 2.45) is 11.3 Å². The predicted molar refractivity (Wildman–Crippen MR) is 325 cm³/mol. The fourth-order valence-corrected chi connectivity index (χ4v) is 13.4. The molecular weight excluding hydrogens is 1120 g/mol. The molecule has 85 heavy (non-hydrogen) atoms. The molecule has 3 fully saturated rings. The van der Waals surface area contributed by atoms with E-state index in [0.717, 1.165) is 77.7 Å². The number of amides is 3. The van der Waals surface area contributed by atoms with Gasteiger partial charge in [-0.2, -0.15) is 0 Å². The van der Waals surface area contributed by atoms with Crippen LogP contribution < -0.4 is 15.0 Å². The fraction of sp³-hybridized carbons (Fsp3) is 0.556. The minimum absolute atomic E-state index is 0.00621. The molecule has 5 aromatic rings. The Hall–Kier alpha value is -6.27. The number of ketones is 1. The van der Waals surface area contributed by atoms with Crippen LogP contribution in [0.25, 0.3) is 10.4 Å². The van der Waals surface area contributed by atoms with Crippen LogP contribution in [0.3, 0.4) is 0 Å². The number of β-amino-alcohol motifs (C(OH)–C–C–N with tert-alkyl or cyclic N) is 1. The first kappa shape index (κ1) is 64.7. The highest BCUT2D eigenvalue weighted by atomic mass is 32.2. The van der Waals surface area contributed by atoms with Gasteiger partial charge in [0, 0.05) is 114 Å². The lowest BCUT2D eigenvalue weighted by Gasteiger charge is -2.43. The minimum Gasteiger partial charge on any atom is -0.496 e. The first-order valence-electron chi connectivity index (χ1n) is 29.7. The van der Waals surface area contributed by atoms with Gasteiger partial charge in [-0.05, 0) is 67.9 Å². The Labute approximate surface area is 505 Å². The number of aromatic nitrogens is 4. The number of nitrogens with one attached hydrogen (secondary N) is 1. The van der Waals surface area contributed by atoms with E-state index >= 15 is 0 Å². The van der Waals surface area contributed by atoms with Gasteiger partial charge in [0.1, 0.15) is 35.6 Å². The Bertz CT molecular complexity index is 3140. The molecule has 2 aromatic heterocycles. The van der Waals surface area contributed by atoms with Gasteiger partial charge < -0.3 is 44.1 Å². The van der Waals surface area contributed by atoms with Crippen LogP contribution in [0.1, 0.15) is 107 Å². The minimum atomic E-state index is -3.48. The summed E-state index contributed by atoms with van der Waals surface area (Å²) in [6.07, 6.45) is 3.91. The number of anilines is 1. The molecule has 2 N–H and O–H groups in total. The summed E-state index contributed by atoms with van der Waals surface area (Å²) in [6.45, 7) is 18.0. The second-order valence-corrected chi connectivity index (χ2v) is 26.9. The van der Waals surface area contributed by atoms with Crippen molar-refractivity contribution in [3.63, 3.8) is 0 Å². The topological polar surface area (TPSA) is 236 Å². The number of nitrogens with zero attached hydrogens (tertiary/aromatic N) is 8. The molecule has 0 bridgehead atoms. The Morgan fingerprint density at radius 1 is 0.800 bits per heavy atom. The SMILES string of the molecule is COc1cc(N2CCC(N3CCN(C(=O)CCOCCOCCOCCC(=O)C[C@H](C(=O)N4C[C@H](O)C[C@H]4C(=O)NCc4ccc(-c5scnc5C)cc4)C(C)(C)C)CC3)CC2)ccc1Cc1ncnc(Cc2ccccc2S(=O)(=O)C(C)C)n1. The number of rotatable bonds is 28. The number of methoxy groups -OCH3 is 1. The third-order valence-electron chi connectivity index (χ3n) is 16.4. The van der Waals surface area contributed by atoms with Gasteiger partial charge in [0.2, 0.25) is 17.7 Å². The van der Waals surface area contributed by atoms with Crippen LogP contribution in [-0.2, 0) is 62.6 Å². The Kier molecular flexibility index (Phi) is 23.1. The second-order valence-electron chi connectivity index (χ2n) is 23.6. The van der Waals surface area contributed by atoms with E-state index in [2.05, 4.69) is 48.3 Å². The summed E-state index contributed by atoms with van der Waals surface area (Å²) in [5.41, 5.74) is 6.85. The third-order valence-corrected chi connectivity index (χ3v) is 19.6. The Morgan fingerprint density at radius 3 is 2.08 bits per heavy atom. The van der Waals surface area contributed by atoms with E-state index in [4.69, 9.17) is 23.9 Å². The number of carbonyl (C=O) groups is 4. The zero-order valence-corrected chi connectivity index (χ0v) is 52.0. The number of aliphatic hydroxyl groups excluding tert-OH is 1. The van der Waals surface area contributed by atoms with Crippen LogP contribution >= 0.6 is 11.3 Å². The van der Waals surface area contributed by atoms with E-state index in [1.54, 1.807) is 50.5 Å². The Morgan fingerprint density at radius 2 is 1.45 bits per heavy atom. The third kappa shape index (κ3) is 17.7. The molecule has 5 heterocycles. The number of piperidine rings is 1. The highest BCUT2D eigenvalue weighted by molar-refractivity contribution is 7.92. The zero-order valence-electron chi connectivity index (χ0n) is 50.4. The molecule has 3 aliphatic rings. The molecule has 22 heteroatoms. The van der Waals surface area contributed by atoms with Crippen LogP contribution in [0, 0.1) is 18.3 Å².